The second-order valence-electron chi connectivity index (χ2n) is 6.54. The SMILES string of the molecule is COC(=O)Nc1ccc(-n2cnc3ncc(C(=O)N(C)c4ccc(F)cc4)cc32)cn1. The summed E-state index contributed by atoms with van der Waals surface area (Å²) in [6.45, 7) is 0. The maximum atomic E-state index is 13.2. The van der Waals surface area contributed by atoms with Crippen molar-refractivity contribution < 1.29 is 18.7 Å². The second kappa shape index (κ2) is 8.19. The van der Waals surface area contributed by atoms with E-state index in [4.69, 9.17) is 0 Å². The van der Waals surface area contributed by atoms with E-state index in [2.05, 4.69) is 25.0 Å². The predicted molar refractivity (Wildman–Crippen MR) is 112 cm³/mol. The minimum atomic E-state index is -0.619. The summed E-state index contributed by atoms with van der Waals surface area (Å²) in [4.78, 5) is 38.3. The Bertz CT molecular complexity index is 1250. The van der Waals surface area contributed by atoms with E-state index in [-0.39, 0.29) is 11.7 Å². The van der Waals surface area contributed by atoms with Crippen LogP contribution in [-0.4, -0.2) is 45.7 Å². The van der Waals surface area contributed by atoms with Crippen LogP contribution in [-0.2, 0) is 4.74 Å². The Morgan fingerprint density at radius 2 is 1.84 bits per heavy atom. The minimum absolute atomic E-state index is 0.301. The molecule has 0 bridgehead atoms. The van der Waals surface area contributed by atoms with Crippen LogP contribution in [0.1, 0.15) is 10.4 Å². The molecule has 10 heteroatoms. The van der Waals surface area contributed by atoms with Gasteiger partial charge in [0.1, 0.15) is 18.0 Å². The van der Waals surface area contributed by atoms with Gasteiger partial charge in [-0.25, -0.2) is 24.1 Å². The number of rotatable bonds is 4. The van der Waals surface area contributed by atoms with Gasteiger partial charge in [0.15, 0.2) is 5.65 Å². The van der Waals surface area contributed by atoms with Gasteiger partial charge in [-0.3, -0.25) is 14.7 Å². The summed E-state index contributed by atoms with van der Waals surface area (Å²) >= 11 is 0. The number of nitrogens with one attached hydrogen (secondary N) is 1. The molecule has 0 unspecified atom stereocenters. The summed E-state index contributed by atoms with van der Waals surface area (Å²) in [6.07, 6.45) is 3.95. The first-order valence-electron chi connectivity index (χ1n) is 9.14. The topological polar surface area (TPSA) is 102 Å². The zero-order valence-corrected chi connectivity index (χ0v) is 16.6. The molecule has 1 aromatic carbocycles. The Morgan fingerprint density at radius 1 is 1.06 bits per heavy atom. The van der Waals surface area contributed by atoms with Crippen LogP contribution in [0.5, 0.6) is 0 Å². The highest BCUT2D eigenvalue weighted by Gasteiger charge is 2.17. The van der Waals surface area contributed by atoms with Crippen LogP contribution in [0.15, 0.2) is 61.2 Å². The number of carbonyl (C=O) groups is 2. The summed E-state index contributed by atoms with van der Waals surface area (Å²) < 4.78 is 19.4. The lowest BCUT2D eigenvalue weighted by molar-refractivity contribution is 0.0992. The molecule has 0 aliphatic rings. The molecule has 0 aliphatic carbocycles. The van der Waals surface area contributed by atoms with Gasteiger partial charge >= 0.3 is 6.09 Å². The number of methoxy groups -OCH3 is 1. The van der Waals surface area contributed by atoms with Crippen LogP contribution in [0.2, 0.25) is 0 Å². The standard InChI is InChI=1S/C21H17FN6O3/c1-27(15-5-3-14(22)4-6-15)20(29)13-9-17-19(24-10-13)25-12-28(17)16-7-8-18(23-11-16)26-21(30)31-2/h3-12H,1-2H3,(H,23,26,30). The quantitative estimate of drug-likeness (QED) is 0.543. The largest absolute Gasteiger partial charge is 0.453 e. The Hall–Kier alpha value is -4.34. The van der Waals surface area contributed by atoms with Gasteiger partial charge in [-0.2, -0.15) is 0 Å². The lowest BCUT2D eigenvalue weighted by Crippen LogP contribution is -2.26. The molecule has 4 rings (SSSR count). The number of benzene rings is 1. The molecule has 0 radical (unpaired) electrons. The number of fused-ring (bicyclic) bond motifs is 1. The highest BCUT2D eigenvalue weighted by atomic mass is 19.1. The normalized spacial score (nSPS) is 10.7. The fourth-order valence-corrected chi connectivity index (χ4v) is 2.95. The number of carbonyl (C=O) groups excluding carboxylic acids is 2. The van der Waals surface area contributed by atoms with Gasteiger partial charge in [-0.05, 0) is 42.5 Å². The van der Waals surface area contributed by atoms with Crippen molar-refractivity contribution in [1.29, 1.82) is 0 Å². The number of nitrogens with zero attached hydrogens (tertiary/aromatic N) is 5. The lowest BCUT2D eigenvalue weighted by Gasteiger charge is -2.17. The average molecular weight is 420 g/mol. The van der Waals surface area contributed by atoms with E-state index in [0.717, 1.165) is 0 Å². The molecular weight excluding hydrogens is 403 g/mol. The molecule has 156 valence electrons. The van der Waals surface area contributed by atoms with Crippen LogP contribution in [0.4, 0.5) is 20.7 Å². The zero-order chi connectivity index (χ0) is 22.0. The van der Waals surface area contributed by atoms with Gasteiger partial charge < -0.3 is 9.64 Å². The Morgan fingerprint density at radius 3 is 2.52 bits per heavy atom. The summed E-state index contributed by atoms with van der Waals surface area (Å²) in [5.74, 6) is -0.350. The number of hydrogen-bond acceptors (Lipinski definition) is 6. The molecular formula is C21H17FN6O3. The molecule has 0 spiro atoms. The van der Waals surface area contributed by atoms with Crippen molar-refractivity contribution in [3.8, 4) is 5.69 Å². The third kappa shape index (κ3) is 4.04. The van der Waals surface area contributed by atoms with Crippen LogP contribution >= 0.6 is 0 Å². The molecule has 3 aromatic heterocycles. The fraction of sp³-hybridized carbons (Fsp3) is 0.0952. The van der Waals surface area contributed by atoms with Crippen molar-refractivity contribution in [3.05, 3.63) is 72.6 Å². The van der Waals surface area contributed by atoms with Crippen molar-refractivity contribution in [2.24, 2.45) is 0 Å². The molecule has 2 amide bonds. The van der Waals surface area contributed by atoms with Gasteiger partial charge in [0.2, 0.25) is 0 Å². The maximum absolute atomic E-state index is 13.2. The number of anilines is 2. The van der Waals surface area contributed by atoms with Crippen molar-refractivity contribution in [1.82, 2.24) is 19.5 Å². The number of halogens is 1. The van der Waals surface area contributed by atoms with Crippen molar-refractivity contribution in [2.45, 2.75) is 0 Å². The fourth-order valence-electron chi connectivity index (χ4n) is 2.95. The minimum Gasteiger partial charge on any atom is -0.453 e. The van der Waals surface area contributed by atoms with Gasteiger partial charge in [0.25, 0.3) is 5.91 Å². The van der Waals surface area contributed by atoms with E-state index in [0.29, 0.717) is 33.9 Å². The molecule has 0 saturated carbocycles. The Labute approximate surface area is 176 Å². The van der Waals surface area contributed by atoms with E-state index < -0.39 is 6.09 Å². The number of pyridine rings is 2. The van der Waals surface area contributed by atoms with Crippen LogP contribution in [0.25, 0.3) is 16.9 Å². The van der Waals surface area contributed by atoms with E-state index in [1.807, 2.05) is 0 Å². The van der Waals surface area contributed by atoms with Crippen molar-refractivity contribution >= 4 is 34.7 Å². The van der Waals surface area contributed by atoms with Crippen LogP contribution < -0.4 is 10.2 Å². The van der Waals surface area contributed by atoms with Crippen LogP contribution in [0.3, 0.4) is 0 Å². The molecule has 0 aliphatic heterocycles. The number of hydrogen-bond donors (Lipinski definition) is 1. The summed E-state index contributed by atoms with van der Waals surface area (Å²) in [5.41, 5.74) is 2.62. The van der Waals surface area contributed by atoms with Crippen molar-refractivity contribution in [2.75, 3.05) is 24.4 Å². The molecule has 0 atom stereocenters. The summed E-state index contributed by atoms with van der Waals surface area (Å²) in [5, 5.41) is 2.47. The molecule has 0 fully saturated rings. The van der Waals surface area contributed by atoms with Crippen molar-refractivity contribution in [3.63, 3.8) is 0 Å². The molecule has 31 heavy (non-hydrogen) atoms. The average Bonchev–Trinajstić information content (AvgIpc) is 3.22. The highest BCUT2D eigenvalue weighted by Crippen LogP contribution is 2.21. The van der Waals surface area contributed by atoms with E-state index >= 15 is 0 Å². The zero-order valence-electron chi connectivity index (χ0n) is 16.6. The van der Waals surface area contributed by atoms with E-state index in [1.54, 1.807) is 42.3 Å². The Kier molecular flexibility index (Phi) is 5.27. The summed E-state index contributed by atoms with van der Waals surface area (Å²) in [6, 6.07) is 10.7. The summed E-state index contributed by atoms with van der Waals surface area (Å²) in [7, 11) is 2.87. The predicted octanol–water partition coefficient (Wildman–Crippen LogP) is 3.41. The first-order valence-corrected chi connectivity index (χ1v) is 9.14. The van der Waals surface area contributed by atoms with Gasteiger partial charge in [0.05, 0.1) is 30.1 Å². The first-order chi connectivity index (χ1) is 15.0. The molecule has 1 N–H and O–H groups in total. The second-order valence-corrected chi connectivity index (χ2v) is 6.54. The number of ether oxygens (including phenoxy) is 1. The smallest absolute Gasteiger partial charge is 0.412 e. The Balaban J connectivity index is 1.64. The van der Waals surface area contributed by atoms with E-state index in [1.165, 1.54) is 42.5 Å². The lowest BCUT2D eigenvalue weighted by atomic mass is 10.2. The number of amides is 2. The van der Waals surface area contributed by atoms with Gasteiger partial charge in [0, 0.05) is 18.9 Å². The van der Waals surface area contributed by atoms with E-state index in [9.17, 15) is 14.0 Å². The molecule has 3 heterocycles. The third-order valence-corrected chi connectivity index (χ3v) is 4.61. The maximum Gasteiger partial charge on any atom is 0.412 e. The third-order valence-electron chi connectivity index (χ3n) is 4.61. The first kappa shape index (κ1) is 20.0. The van der Waals surface area contributed by atoms with Crippen LogP contribution in [0, 0.1) is 5.82 Å². The molecule has 0 saturated heterocycles. The highest BCUT2D eigenvalue weighted by molar-refractivity contribution is 6.06. The molecule has 4 aromatic rings. The molecule has 9 nitrogen and oxygen atoms in total. The number of imidazole rings is 1. The number of aromatic nitrogens is 4. The van der Waals surface area contributed by atoms with Gasteiger partial charge in [-0.1, -0.05) is 0 Å². The van der Waals surface area contributed by atoms with Gasteiger partial charge in [-0.15, -0.1) is 0 Å². The monoisotopic (exact) mass is 420 g/mol.